The summed E-state index contributed by atoms with van der Waals surface area (Å²) in [5, 5.41) is 9.74. The minimum absolute atomic E-state index is 0.00465. The van der Waals surface area contributed by atoms with Gasteiger partial charge in [0.25, 0.3) is 0 Å². The van der Waals surface area contributed by atoms with Gasteiger partial charge in [-0.2, -0.15) is 0 Å². The van der Waals surface area contributed by atoms with E-state index in [9.17, 15) is 9.90 Å². The Hall–Kier alpha value is -1.22. The number of hydrogen-bond donors (Lipinski definition) is 1. The van der Waals surface area contributed by atoms with Crippen molar-refractivity contribution in [2.75, 3.05) is 7.11 Å². The number of carbonyl (C=O) groups excluding carboxylic acids is 1. The summed E-state index contributed by atoms with van der Waals surface area (Å²) in [7, 11) is 1.43. The molecule has 0 amide bonds. The molecule has 0 aliphatic rings. The first-order chi connectivity index (χ1) is 6.56. The number of aromatic hydroxyl groups is 1. The van der Waals surface area contributed by atoms with Crippen molar-refractivity contribution in [3.63, 3.8) is 0 Å². The number of ketones is 1. The van der Waals surface area contributed by atoms with Gasteiger partial charge >= 0.3 is 0 Å². The molecule has 76 valence electrons. The van der Waals surface area contributed by atoms with Crippen LogP contribution in [0.1, 0.15) is 12.5 Å². The van der Waals surface area contributed by atoms with Gasteiger partial charge in [-0.3, -0.25) is 4.79 Å². The standard InChI is InChI=1S/C10H11ClO3/c1-6(12)5-7-3-4-8(11)9(13)10(7)14-2/h3-4,13H,5H2,1-2H3. The smallest absolute Gasteiger partial charge is 0.177 e. The molecule has 0 saturated carbocycles. The minimum atomic E-state index is -0.118. The molecule has 3 nitrogen and oxygen atoms in total. The number of halogens is 1. The summed E-state index contributed by atoms with van der Waals surface area (Å²) < 4.78 is 4.97. The fourth-order valence-corrected chi connectivity index (χ4v) is 1.37. The first kappa shape index (κ1) is 10.9. The molecule has 1 aromatic carbocycles. The van der Waals surface area contributed by atoms with Crippen LogP contribution in [0.15, 0.2) is 12.1 Å². The summed E-state index contributed by atoms with van der Waals surface area (Å²) in [5.74, 6) is 0.158. The quantitative estimate of drug-likeness (QED) is 0.839. The predicted octanol–water partition coefficient (Wildman–Crippen LogP) is 2.19. The Bertz CT molecular complexity index is 361. The third-order valence-electron chi connectivity index (χ3n) is 1.81. The molecule has 4 heteroatoms. The Balaban J connectivity index is 3.17. The van der Waals surface area contributed by atoms with Gasteiger partial charge in [0.05, 0.1) is 12.1 Å². The normalized spacial score (nSPS) is 9.93. The van der Waals surface area contributed by atoms with Crippen LogP contribution in [-0.2, 0) is 11.2 Å². The van der Waals surface area contributed by atoms with Gasteiger partial charge in [-0.15, -0.1) is 0 Å². The number of Topliss-reactive ketones (excluding diaryl/α,β-unsaturated/α-hetero) is 1. The maximum absolute atomic E-state index is 10.9. The highest BCUT2D eigenvalue weighted by Gasteiger charge is 2.12. The van der Waals surface area contributed by atoms with Gasteiger partial charge in [-0.1, -0.05) is 17.7 Å². The Morgan fingerprint density at radius 1 is 1.57 bits per heavy atom. The van der Waals surface area contributed by atoms with Gasteiger partial charge in [0.15, 0.2) is 11.5 Å². The zero-order valence-corrected chi connectivity index (χ0v) is 8.76. The fourth-order valence-electron chi connectivity index (χ4n) is 1.22. The van der Waals surface area contributed by atoms with Gasteiger partial charge in [0.2, 0.25) is 0 Å². The van der Waals surface area contributed by atoms with Crippen molar-refractivity contribution in [1.29, 1.82) is 0 Å². The van der Waals surface area contributed by atoms with E-state index in [1.54, 1.807) is 6.07 Å². The van der Waals surface area contributed by atoms with Crippen LogP contribution in [0.3, 0.4) is 0 Å². The van der Waals surface area contributed by atoms with Gasteiger partial charge < -0.3 is 9.84 Å². The molecule has 0 aromatic heterocycles. The fraction of sp³-hybridized carbons (Fsp3) is 0.300. The molecular weight excluding hydrogens is 204 g/mol. The molecule has 14 heavy (non-hydrogen) atoms. The van der Waals surface area contributed by atoms with Gasteiger partial charge in [0, 0.05) is 12.0 Å². The topological polar surface area (TPSA) is 46.5 Å². The average Bonchev–Trinajstić information content (AvgIpc) is 2.11. The van der Waals surface area contributed by atoms with Crippen molar-refractivity contribution in [2.45, 2.75) is 13.3 Å². The summed E-state index contributed by atoms with van der Waals surface area (Å²) in [4.78, 5) is 10.9. The van der Waals surface area contributed by atoms with E-state index in [4.69, 9.17) is 16.3 Å². The molecule has 0 heterocycles. The molecule has 1 N–H and O–H groups in total. The second-order valence-electron chi connectivity index (χ2n) is 2.97. The molecule has 0 atom stereocenters. The van der Waals surface area contributed by atoms with Gasteiger partial charge in [0.1, 0.15) is 5.78 Å². The third-order valence-corrected chi connectivity index (χ3v) is 2.11. The second kappa shape index (κ2) is 4.33. The largest absolute Gasteiger partial charge is 0.503 e. The van der Waals surface area contributed by atoms with Crippen LogP contribution in [0.4, 0.5) is 0 Å². The third kappa shape index (κ3) is 2.17. The van der Waals surface area contributed by atoms with Crippen molar-refractivity contribution in [2.24, 2.45) is 0 Å². The molecule has 0 radical (unpaired) electrons. The first-order valence-corrected chi connectivity index (χ1v) is 4.47. The first-order valence-electron chi connectivity index (χ1n) is 4.10. The zero-order valence-electron chi connectivity index (χ0n) is 8.00. The van der Waals surface area contributed by atoms with E-state index in [0.29, 0.717) is 5.56 Å². The molecule has 0 bridgehead atoms. The lowest BCUT2D eigenvalue weighted by Gasteiger charge is -2.09. The summed E-state index contributed by atoms with van der Waals surface area (Å²) in [5.41, 5.74) is 0.641. The van der Waals surface area contributed by atoms with E-state index in [2.05, 4.69) is 0 Å². The van der Waals surface area contributed by atoms with Crippen LogP contribution >= 0.6 is 11.6 Å². The Labute approximate surface area is 87.3 Å². The maximum atomic E-state index is 10.9. The van der Waals surface area contributed by atoms with Gasteiger partial charge in [-0.05, 0) is 13.0 Å². The van der Waals surface area contributed by atoms with E-state index in [1.807, 2.05) is 0 Å². The van der Waals surface area contributed by atoms with E-state index in [-0.39, 0.29) is 28.7 Å². The molecule has 0 aliphatic carbocycles. The molecule has 0 aliphatic heterocycles. The van der Waals surface area contributed by atoms with Crippen LogP contribution < -0.4 is 4.74 Å². The lowest BCUT2D eigenvalue weighted by atomic mass is 10.1. The maximum Gasteiger partial charge on any atom is 0.177 e. The highest BCUT2D eigenvalue weighted by atomic mass is 35.5. The lowest BCUT2D eigenvalue weighted by molar-refractivity contribution is -0.116. The molecule has 0 saturated heterocycles. The van der Waals surface area contributed by atoms with Crippen molar-refractivity contribution >= 4 is 17.4 Å². The minimum Gasteiger partial charge on any atom is -0.503 e. The molecule has 0 unspecified atom stereocenters. The summed E-state index contributed by atoms with van der Waals surface area (Å²) in [6.07, 6.45) is 0.230. The predicted molar refractivity (Wildman–Crippen MR) is 54.1 cm³/mol. The highest BCUT2D eigenvalue weighted by Crippen LogP contribution is 2.36. The van der Waals surface area contributed by atoms with Gasteiger partial charge in [-0.25, -0.2) is 0 Å². The number of ether oxygens (including phenoxy) is 1. The summed E-state index contributed by atoms with van der Waals surface area (Å²) >= 11 is 5.69. The van der Waals surface area contributed by atoms with Crippen molar-refractivity contribution in [3.05, 3.63) is 22.7 Å². The van der Waals surface area contributed by atoms with E-state index < -0.39 is 0 Å². The Morgan fingerprint density at radius 2 is 2.21 bits per heavy atom. The number of hydrogen-bond acceptors (Lipinski definition) is 3. The summed E-state index contributed by atoms with van der Waals surface area (Å²) in [6, 6.07) is 3.21. The second-order valence-corrected chi connectivity index (χ2v) is 3.37. The number of benzene rings is 1. The van der Waals surface area contributed by atoms with E-state index in [0.717, 1.165) is 0 Å². The number of phenols is 1. The van der Waals surface area contributed by atoms with Crippen LogP contribution in [0.25, 0.3) is 0 Å². The molecule has 0 fully saturated rings. The Morgan fingerprint density at radius 3 is 2.71 bits per heavy atom. The van der Waals surface area contributed by atoms with Crippen molar-refractivity contribution < 1.29 is 14.6 Å². The molecule has 1 rings (SSSR count). The van der Waals surface area contributed by atoms with E-state index in [1.165, 1.54) is 20.1 Å². The van der Waals surface area contributed by atoms with Crippen molar-refractivity contribution in [3.8, 4) is 11.5 Å². The van der Waals surface area contributed by atoms with E-state index >= 15 is 0 Å². The molecule has 0 spiro atoms. The van der Waals surface area contributed by atoms with Crippen LogP contribution in [0, 0.1) is 0 Å². The van der Waals surface area contributed by atoms with Crippen molar-refractivity contribution in [1.82, 2.24) is 0 Å². The molecular formula is C10H11ClO3. The zero-order chi connectivity index (χ0) is 10.7. The molecule has 1 aromatic rings. The van der Waals surface area contributed by atoms with Crippen LogP contribution in [-0.4, -0.2) is 18.0 Å². The highest BCUT2D eigenvalue weighted by molar-refractivity contribution is 6.32. The number of phenolic OH excluding ortho intramolecular Hbond substituents is 1. The lowest BCUT2D eigenvalue weighted by Crippen LogP contribution is -1.99. The van der Waals surface area contributed by atoms with Crippen LogP contribution in [0.5, 0.6) is 11.5 Å². The average molecular weight is 215 g/mol. The SMILES string of the molecule is COc1c(CC(C)=O)ccc(Cl)c1O. The number of methoxy groups -OCH3 is 1. The Kier molecular flexibility index (Phi) is 3.36. The number of carbonyl (C=O) groups is 1. The van der Waals surface area contributed by atoms with Crippen LogP contribution in [0.2, 0.25) is 5.02 Å². The monoisotopic (exact) mass is 214 g/mol. The summed E-state index contributed by atoms with van der Waals surface area (Å²) in [6.45, 7) is 1.48. The number of rotatable bonds is 3.